The van der Waals surface area contributed by atoms with Crippen LogP contribution in [0.3, 0.4) is 0 Å². The third-order valence-corrected chi connectivity index (χ3v) is 10.1. The Labute approximate surface area is 306 Å². The van der Waals surface area contributed by atoms with E-state index in [1.807, 2.05) is 36.5 Å². The Bertz CT molecular complexity index is 2060. The van der Waals surface area contributed by atoms with Gasteiger partial charge in [-0.05, 0) is 30.3 Å². The number of morpholine rings is 1. The molecule has 5 heterocycles. The van der Waals surface area contributed by atoms with Crippen molar-refractivity contribution < 1.29 is 53.5 Å². The summed E-state index contributed by atoms with van der Waals surface area (Å²) in [5, 5.41) is 48.7. The molecule has 2 amide bonds. The highest BCUT2D eigenvalue weighted by atomic mass is 32.1. The molecule has 17 nitrogen and oxygen atoms in total. The standard InChI is InChI=1S/C35H40N6O11S/c1-35(2,18-50-32-29(44)27(42)28(43)30(51-32)31(45)46)25-16-26(39-52-25)38-33(47)36-20-5-3-19(4-6-20)22-17-41-23-8-7-21(15-24(23)53-34(41)37-22)49-14-11-40-9-12-48-13-10-40/h3-8,15-17,27-30,32,42-44H,9-14,18H2,1-2H3,(H,45,46)(H2,36,38,39,47)/t27?,28-,29?,30?,32+/m0/s1. The Hall–Kier alpha value is -4.66. The molecule has 3 unspecified atom stereocenters. The summed E-state index contributed by atoms with van der Waals surface area (Å²) in [6, 6.07) is 14.3. The number of aliphatic hydroxyl groups is 3. The third-order valence-electron chi connectivity index (χ3n) is 9.12. The molecule has 0 aliphatic carbocycles. The number of amides is 2. The smallest absolute Gasteiger partial charge is 0.335 e. The highest BCUT2D eigenvalue weighted by Crippen LogP contribution is 2.33. The van der Waals surface area contributed by atoms with Crippen LogP contribution in [0.4, 0.5) is 16.3 Å². The summed E-state index contributed by atoms with van der Waals surface area (Å²) < 4.78 is 30.7. The molecule has 18 heteroatoms. The number of urea groups is 1. The third kappa shape index (κ3) is 8.14. The van der Waals surface area contributed by atoms with Crippen LogP contribution in [0.25, 0.3) is 26.4 Å². The number of carbonyl (C=O) groups is 2. The van der Waals surface area contributed by atoms with E-state index in [0.29, 0.717) is 18.1 Å². The second-order valence-corrected chi connectivity index (χ2v) is 14.5. The fraction of sp³-hybridized carbons (Fsp3) is 0.429. The Morgan fingerprint density at radius 1 is 1.02 bits per heavy atom. The van der Waals surface area contributed by atoms with Crippen LogP contribution >= 0.6 is 11.3 Å². The normalized spacial score (nSPS) is 22.6. The molecular weight excluding hydrogens is 712 g/mol. The van der Waals surface area contributed by atoms with Gasteiger partial charge < -0.3 is 49.2 Å². The number of anilines is 2. The van der Waals surface area contributed by atoms with E-state index in [1.165, 1.54) is 6.07 Å². The number of nitrogens with one attached hydrogen (secondary N) is 2. The fourth-order valence-electron chi connectivity index (χ4n) is 6.04. The number of hydrogen-bond acceptors (Lipinski definition) is 14. The monoisotopic (exact) mass is 752 g/mol. The van der Waals surface area contributed by atoms with Gasteiger partial charge in [-0.15, -0.1) is 0 Å². The lowest BCUT2D eigenvalue weighted by atomic mass is 9.91. The molecule has 282 valence electrons. The number of carbonyl (C=O) groups excluding carboxylic acids is 1. The number of fused-ring (bicyclic) bond motifs is 3. The molecule has 2 aliphatic heterocycles. The molecule has 53 heavy (non-hydrogen) atoms. The van der Waals surface area contributed by atoms with E-state index in [1.54, 1.807) is 37.3 Å². The van der Waals surface area contributed by atoms with E-state index < -0.39 is 48.1 Å². The van der Waals surface area contributed by atoms with Gasteiger partial charge >= 0.3 is 12.0 Å². The first-order chi connectivity index (χ1) is 25.4. The zero-order valence-corrected chi connectivity index (χ0v) is 29.7. The van der Waals surface area contributed by atoms with Crippen LogP contribution in [-0.4, -0.2) is 129 Å². The summed E-state index contributed by atoms with van der Waals surface area (Å²) in [5.74, 6) is -0.258. The number of imidazole rings is 1. The SMILES string of the molecule is CC(C)(CO[C@@H]1OC(C(=O)O)[C@@H](O)C(O)C1O)c1cc(NC(=O)Nc2ccc(-c3cn4c(n3)sc3cc(OCCN5CCOCC5)ccc34)cc2)no1. The van der Waals surface area contributed by atoms with Crippen molar-refractivity contribution in [2.24, 2.45) is 0 Å². The molecular formula is C35H40N6O11S. The molecule has 5 aromatic rings. The van der Waals surface area contributed by atoms with Crippen LogP contribution < -0.4 is 15.4 Å². The van der Waals surface area contributed by atoms with E-state index in [2.05, 4.69) is 25.1 Å². The molecule has 0 bridgehead atoms. The maximum absolute atomic E-state index is 12.8. The summed E-state index contributed by atoms with van der Waals surface area (Å²) in [6.07, 6.45) is -6.63. The van der Waals surface area contributed by atoms with Gasteiger partial charge in [0.15, 0.2) is 23.2 Å². The van der Waals surface area contributed by atoms with Gasteiger partial charge in [0.2, 0.25) is 0 Å². The van der Waals surface area contributed by atoms with Crippen LogP contribution in [0.2, 0.25) is 0 Å². The summed E-state index contributed by atoms with van der Waals surface area (Å²) >= 11 is 1.59. The largest absolute Gasteiger partial charge is 0.492 e. The number of nitrogens with zero attached hydrogens (tertiary/aromatic N) is 4. The number of carboxylic acids is 1. The first kappa shape index (κ1) is 36.7. The number of aliphatic carboxylic acids is 1. The molecule has 7 rings (SSSR count). The van der Waals surface area contributed by atoms with Crippen molar-refractivity contribution in [2.45, 2.75) is 50.0 Å². The fourth-order valence-corrected chi connectivity index (χ4v) is 7.07. The number of rotatable bonds is 12. The predicted octanol–water partition coefficient (Wildman–Crippen LogP) is 2.75. The van der Waals surface area contributed by atoms with Crippen molar-refractivity contribution in [3.05, 3.63) is 60.5 Å². The van der Waals surface area contributed by atoms with Gasteiger partial charge in [0.05, 0.1) is 35.7 Å². The van der Waals surface area contributed by atoms with Crippen molar-refractivity contribution in [2.75, 3.05) is 56.7 Å². The Kier molecular flexibility index (Phi) is 10.6. The maximum Gasteiger partial charge on any atom is 0.335 e. The zero-order valence-electron chi connectivity index (χ0n) is 28.9. The molecule has 6 N–H and O–H groups in total. The van der Waals surface area contributed by atoms with Gasteiger partial charge in [0.1, 0.15) is 36.4 Å². The number of hydrogen-bond donors (Lipinski definition) is 6. The van der Waals surface area contributed by atoms with Crippen LogP contribution in [0, 0.1) is 0 Å². The lowest BCUT2D eigenvalue weighted by Gasteiger charge is -2.39. The van der Waals surface area contributed by atoms with Gasteiger partial charge in [-0.1, -0.05) is 42.5 Å². The molecule has 0 spiro atoms. The van der Waals surface area contributed by atoms with Crippen LogP contribution in [-0.2, 0) is 24.4 Å². The molecule has 0 saturated carbocycles. The van der Waals surface area contributed by atoms with Crippen molar-refractivity contribution in [1.29, 1.82) is 0 Å². The number of carboxylic acid groups (broad SMARTS) is 1. The zero-order chi connectivity index (χ0) is 37.3. The van der Waals surface area contributed by atoms with E-state index in [4.69, 9.17) is 28.5 Å². The molecule has 2 aliphatic rings. The molecule has 2 saturated heterocycles. The first-order valence-corrected chi connectivity index (χ1v) is 17.8. The van der Waals surface area contributed by atoms with Crippen LogP contribution in [0.15, 0.2) is 59.3 Å². The number of aliphatic hydroxyl groups excluding tert-OH is 3. The second-order valence-electron chi connectivity index (χ2n) is 13.5. The van der Waals surface area contributed by atoms with E-state index in [0.717, 1.165) is 65.0 Å². The van der Waals surface area contributed by atoms with E-state index in [9.17, 15) is 30.0 Å². The van der Waals surface area contributed by atoms with Gasteiger partial charge in [-0.3, -0.25) is 14.6 Å². The van der Waals surface area contributed by atoms with Gasteiger partial charge in [0, 0.05) is 48.6 Å². The average Bonchev–Trinajstić information content (AvgIpc) is 3.87. The highest BCUT2D eigenvalue weighted by Gasteiger charge is 2.48. The van der Waals surface area contributed by atoms with Crippen molar-refractivity contribution in [3.8, 4) is 17.0 Å². The second kappa shape index (κ2) is 15.4. The number of ether oxygens (including phenoxy) is 4. The minimum absolute atomic E-state index is 0.123. The van der Waals surface area contributed by atoms with Crippen LogP contribution in [0.1, 0.15) is 19.6 Å². The Morgan fingerprint density at radius 2 is 1.79 bits per heavy atom. The lowest BCUT2D eigenvalue weighted by Crippen LogP contribution is -2.60. The minimum atomic E-state index is -1.83. The quantitative estimate of drug-likeness (QED) is 0.108. The van der Waals surface area contributed by atoms with Crippen molar-refractivity contribution >= 4 is 50.0 Å². The summed E-state index contributed by atoms with van der Waals surface area (Å²) in [5.41, 5.74) is 2.36. The molecule has 2 aromatic carbocycles. The first-order valence-electron chi connectivity index (χ1n) is 17.0. The number of benzene rings is 2. The topological polar surface area (TPSA) is 223 Å². The lowest BCUT2D eigenvalue weighted by molar-refractivity contribution is -0.296. The Balaban J connectivity index is 0.914. The van der Waals surface area contributed by atoms with Crippen LogP contribution in [0.5, 0.6) is 5.75 Å². The van der Waals surface area contributed by atoms with E-state index in [-0.39, 0.29) is 12.4 Å². The van der Waals surface area contributed by atoms with Gasteiger partial charge in [0.25, 0.3) is 0 Å². The Morgan fingerprint density at radius 3 is 2.55 bits per heavy atom. The van der Waals surface area contributed by atoms with E-state index >= 15 is 0 Å². The average molecular weight is 753 g/mol. The molecule has 5 atom stereocenters. The summed E-state index contributed by atoms with van der Waals surface area (Å²) in [7, 11) is 0. The summed E-state index contributed by atoms with van der Waals surface area (Å²) in [6.45, 7) is 8.16. The number of aromatic nitrogens is 3. The van der Waals surface area contributed by atoms with Gasteiger partial charge in [-0.2, -0.15) is 0 Å². The maximum atomic E-state index is 12.8. The summed E-state index contributed by atoms with van der Waals surface area (Å²) in [4.78, 5) is 32.2. The minimum Gasteiger partial charge on any atom is -0.492 e. The number of thiazole rings is 1. The predicted molar refractivity (Wildman–Crippen MR) is 191 cm³/mol. The van der Waals surface area contributed by atoms with Crippen molar-refractivity contribution in [1.82, 2.24) is 19.4 Å². The van der Waals surface area contributed by atoms with Gasteiger partial charge in [-0.25, -0.2) is 14.6 Å². The molecule has 0 radical (unpaired) electrons. The highest BCUT2D eigenvalue weighted by molar-refractivity contribution is 7.23. The van der Waals surface area contributed by atoms with Crippen molar-refractivity contribution in [3.63, 3.8) is 0 Å². The molecule has 3 aromatic heterocycles. The molecule has 2 fully saturated rings.